The summed E-state index contributed by atoms with van der Waals surface area (Å²) in [6.07, 6.45) is 3.13. The van der Waals surface area contributed by atoms with Gasteiger partial charge in [-0.15, -0.1) is 0 Å². The molecular formula is C12H14FNO2. The molecule has 0 bridgehead atoms. The van der Waals surface area contributed by atoms with Gasteiger partial charge in [-0.2, -0.15) is 0 Å². The molecule has 0 unspecified atom stereocenters. The number of piperidine rings is 1. The predicted octanol–water partition coefficient (Wildman–Crippen LogP) is 2.16. The number of hydrogen-bond acceptors (Lipinski definition) is 2. The Kier molecular flexibility index (Phi) is 3.08. The van der Waals surface area contributed by atoms with Crippen LogP contribution < -0.4 is 0 Å². The molecule has 86 valence electrons. The second kappa shape index (κ2) is 4.51. The van der Waals surface area contributed by atoms with Crippen LogP contribution in [0.25, 0.3) is 0 Å². The Balaban J connectivity index is 2.19. The third-order valence-electron chi connectivity index (χ3n) is 2.83. The molecule has 1 aliphatic rings. The van der Waals surface area contributed by atoms with E-state index in [1.54, 1.807) is 4.90 Å². The molecule has 0 aromatic heterocycles. The van der Waals surface area contributed by atoms with Crippen molar-refractivity contribution < 1.29 is 14.3 Å². The third-order valence-corrected chi connectivity index (χ3v) is 2.83. The fourth-order valence-corrected chi connectivity index (χ4v) is 1.95. The van der Waals surface area contributed by atoms with Gasteiger partial charge in [0.05, 0.1) is 5.56 Å². The van der Waals surface area contributed by atoms with Gasteiger partial charge in [0.2, 0.25) is 0 Å². The first-order chi connectivity index (χ1) is 7.68. The highest BCUT2D eigenvalue weighted by atomic mass is 19.1. The number of benzene rings is 1. The number of likely N-dealkylation sites (tertiary alicyclic amines) is 1. The summed E-state index contributed by atoms with van der Waals surface area (Å²) in [4.78, 5) is 13.7. The average Bonchev–Trinajstić information content (AvgIpc) is 2.29. The molecule has 0 spiro atoms. The molecule has 1 amide bonds. The van der Waals surface area contributed by atoms with Crippen molar-refractivity contribution in [2.45, 2.75) is 19.3 Å². The van der Waals surface area contributed by atoms with Crippen molar-refractivity contribution in [3.8, 4) is 5.75 Å². The Bertz CT molecular complexity index is 400. The molecule has 1 N–H and O–H groups in total. The van der Waals surface area contributed by atoms with E-state index in [2.05, 4.69) is 0 Å². The maximum atomic E-state index is 12.8. The first-order valence-corrected chi connectivity index (χ1v) is 5.46. The summed E-state index contributed by atoms with van der Waals surface area (Å²) in [5.74, 6) is -1.03. The average molecular weight is 223 g/mol. The fraction of sp³-hybridized carbons (Fsp3) is 0.417. The van der Waals surface area contributed by atoms with Gasteiger partial charge in [-0.3, -0.25) is 4.79 Å². The van der Waals surface area contributed by atoms with Gasteiger partial charge in [0, 0.05) is 19.2 Å². The molecule has 1 heterocycles. The third kappa shape index (κ3) is 2.15. The number of hydrogen-bond donors (Lipinski definition) is 1. The molecule has 1 aromatic carbocycles. The van der Waals surface area contributed by atoms with Crippen molar-refractivity contribution in [1.82, 2.24) is 4.90 Å². The minimum Gasteiger partial charge on any atom is -0.507 e. The van der Waals surface area contributed by atoms with Gasteiger partial charge in [0.1, 0.15) is 11.6 Å². The molecule has 0 atom stereocenters. The van der Waals surface area contributed by atoms with Crippen molar-refractivity contribution in [1.29, 1.82) is 0 Å². The number of rotatable bonds is 1. The highest BCUT2D eigenvalue weighted by molar-refractivity contribution is 5.96. The SMILES string of the molecule is O=C(c1ccc(F)cc1O)N1CCCCC1. The maximum Gasteiger partial charge on any atom is 0.257 e. The van der Waals surface area contributed by atoms with Crippen molar-refractivity contribution in [2.24, 2.45) is 0 Å². The summed E-state index contributed by atoms with van der Waals surface area (Å²) in [7, 11) is 0. The van der Waals surface area contributed by atoms with E-state index in [0.29, 0.717) is 0 Å². The Morgan fingerprint density at radius 2 is 1.94 bits per heavy atom. The largest absolute Gasteiger partial charge is 0.507 e. The lowest BCUT2D eigenvalue weighted by Crippen LogP contribution is -2.35. The summed E-state index contributed by atoms with van der Waals surface area (Å²) in [5, 5.41) is 9.50. The molecule has 0 saturated carbocycles. The van der Waals surface area contributed by atoms with Gasteiger partial charge in [-0.25, -0.2) is 4.39 Å². The van der Waals surface area contributed by atoms with Crippen molar-refractivity contribution in [3.05, 3.63) is 29.6 Å². The Morgan fingerprint density at radius 3 is 2.56 bits per heavy atom. The standard InChI is InChI=1S/C12H14FNO2/c13-9-4-5-10(11(15)8-9)12(16)14-6-2-1-3-7-14/h4-5,8,15H,1-3,6-7H2. The van der Waals surface area contributed by atoms with Crippen LogP contribution in [0, 0.1) is 5.82 Å². The van der Waals surface area contributed by atoms with Crippen LogP contribution in [0.5, 0.6) is 5.75 Å². The monoisotopic (exact) mass is 223 g/mol. The molecular weight excluding hydrogens is 209 g/mol. The van der Waals surface area contributed by atoms with Gasteiger partial charge in [-0.05, 0) is 31.4 Å². The van der Waals surface area contributed by atoms with Crippen LogP contribution in [0.15, 0.2) is 18.2 Å². The van der Waals surface area contributed by atoms with Crippen LogP contribution in [-0.2, 0) is 0 Å². The van der Waals surface area contributed by atoms with Crippen LogP contribution in [0.2, 0.25) is 0 Å². The lowest BCUT2D eigenvalue weighted by molar-refractivity contribution is 0.0721. The molecule has 1 aliphatic heterocycles. The van der Waals surface area contributed by atoms with Gasteiger partial charge in [0.15, 0.2) is 0 Å². The van der Waals surface area contributed by atoms with Crippen LogP contribution in [-0.4, -0.2) is 29.0 Å². The Hall–Kier alpha value is -1.58. The number of phenols is 1. The number of carbonyl (C=O) groups excluding carboxylic acids is 1. The molecule has 0 radical (unpaired) electrons. The van der Waals surface area contributed by atoms with Gasteiger partial charge >= 0.3 is 0 Å². The minimum atomic E-state index is -0.535. The summed E-state index contributed by atoms with van der Waals surface area (Å²) < 4.78 is 12.8. The summed E-state index contributed by atoms with van der Waals surface area (Å²) >= 11 is 0. The second-order valence-electron chi connectivity index (χ2n) is 4.01. The number of nitrogens with zero attached hydrogens (tertiary/aromatic N) is 1. The molecule has 2 rings (SSSR count). The first kappa shape index (κ1) is 10.9. The van der Waals surface area contributed by atoms with Crippen molar-refractivity contribution in [2.75, 3.05) is 13.1 Å². The van der Waals surface area contributed by atoms with E-state index in [0.717, 1.165) is 38.4 Å². The molecule has 4 heteroatoms. The number of aromatic hydroxyl groups is 1. The number of amides is 1. The van der Waals surface area contributed by atoms with E-state index in [4.69, 9.17) is 0 Å². The normalized spacial score (nSPS) is 16.2. The minimum absolute atomic E-state index is 0.184. The highest BCUT2D eigenvalue weighted by Gasteiger charge is 2.20. The van der Waals surface area contributed by atoms with E-state index in [1.165, 1.54) is 12.1 Å². The number of phenolic OH excluding ortho intramolecular Hbond substituents is 1. The molecule has 1 aromatic rings. The zero-order chi connectivity index (χ0) is 11.5. The molecule has 3 nitrogen and oxygen atoms in total. The Morgan fingerprint density at radius 1 is 1.25 bits per heavy atom. The second-order valence-corrected chi connectivity index (χ2v) is 4.01. The smallest absolute Gasteiger partial charge is 0.257 e. The fourth-order valence-electron chi connectivity index (χ4n) is 1.95. The lowest BCUT2D eigenvalue weighted by atomic mass is 10.1. The summed E-state index contributed by atoms with van der Waals surface area (Å²) in [6.45, 7) is 1.44. The van der Waals surface area contributed by atoms with E-state index < -0.39 is 5.82 Å². The maximum absolute atomic E-state index is 12.8. The van der Waals surface area contributed by atoms with E-state index >= 15 is 0 Å². The molecule has 16 heavy (non-hydrogen) atoms. The zero-order valence-electron chi connectivity index (χ0n) is 8.95. The van der Waals surface area contributed by atoms with Gasteiger partial charge < -0.3 is 10.0 Å². The first-order valence-electron chi connectivity index (χ1n) is 5.46. The van der Waals surface area contributed by atoms with Crippen molar-refractivity contribution in [3.63, 3.8) is 0 Å². The quantitative estimate of drug-likeness (QED) is 0.792. The van der Waals surface area contributed by atoms with Crippen LogP contribution in [0.3, 0.4) is 0 Å². The van der Waals surface area contributed by atoms with E-state index in [9.17, 15) is 14.3 Å². The molecule has 1 fully saturated rings. The van der Waals surface area contributed by atoms with Crippen LogP contribution in [0.4, 0.5) is 4.39 Å². The summed E-state index contributed by atoms with van der Waals surface area (Å²) in [6, 6.07) is 3.50. The number of carbonyl (C=O) groups is 1. The van der Waals surface area contributed by atoms with Crippen molar-refractivity contribution >= 4 is 5.91 Å². The molecule has 1 saturated heterocycles. The molecule has 0 aliphatic carbocycles. The number of halogens is 1. The summed E-state index contributed by atoms with van der Waals surface area (Å²) in [5.41, 5.74) is 0.184. The zero-order valence-corrected chi connectivity index (χ0v) is 8.95. The van der Waals surface area contributed by atoms with Crippen LogP contribution in [0.1, 0.15) is 29.6 Å². The van der Waals surface area contributed by atoms with Crippen LogP contribution >= 0.6 is 0 Å². The predicted molar refractivity (Wildman–Crippen MR) is 57.8 cm³/mol. The Labute approximate surface area is 93.5 Å². The highest BCUT2D eigenvalue weighted by Crippen LogP contribution is 2.21. The van der Waals surface area contributed by atoms with E-state index in [1.807, 2.05) is 0 Å². The van der Waals surface area contributed by atoms with Gasteiger partial charge in [0.25, 0.3) is 5.91 Å². The van der Waals surface area contributed by atoms with Gasteiger partial charge in [-0.1, -0.05) is 0 Å². The van der Waals surface area contributed by atoms with E-state index in [-0.39, 0.29) is 17.2 Å². The topological polar surface area (TPSA) is 40.5 Å². The lowest BCUT2D eigenvalue weighted by Gasteiger charge is -2.26.